The molecule has 9 heteroatoms. The van der Waals surface area contributed by atoms with Crippen molar-refractivity contribution in [3.8, 4) is 0 Å². The summed E-state index contributed by atoms with van der Waals surface area (Å²) in [5.74, 6) is -1.74. The van der Waals surface area contributed by atoms with Crippen molar-refractivity contribution in [1.29, 1.82) is 0 Å². The number of nitrogens with zero attached hydrogens (tertiary/aromatic N) is 1. The summed E-state index contributed by atoms with van der Waals surface area (Å²) >= 11 is 11.9. The maximum atomic E-state index is 12.8. The van der Waals surface area contributed by atoms with Gasteiger partial charge in [-0.1, -0.05) is 30.1 Å². The molecule has 33 heavy (non-hydrogen) atoms. The van der Waals surface area contributed by atoms with E-state index in [1.807, 2.05) is 0 Å². The van der Waals surface area contributed by atoms with Crippen molar-refractivity contribution in [1.82, 2.24) is 0 Å². The molecule has 1 heterocycles. The molecule has 0 spiro atoms. The number of carbonyl (C=O) groups is 4. The smallest absolute Gasteiger partial charge is 0.338 e. The van der Waals surface area contributed by atoms with Crippen LogP contribution in [0.1, 0.15) is 36.5 Å². The lowest BCUT2D eigenvalue weighted by atomic mass is 9.76. The zero-order chi connectivity index (χ0) is 23.7. The van der Waals surface area contributed by atoms with Crippen LogP contribution in [0.4, 0.5) is 11.4 Å². The highest BCUT2D eigenvalue weighted by molar-refractivity contribution is 6.35. The number of hydrogen-bond acceptors (Lipinski definition) is 5. The molecule has 3 amide bonds. The molecule has 2 aromatic rings. The van der Waals surface area contributed by atoms with E-state index in [2.05, 4.69) is 12.2 Å². The molecule has 0 aromatic heterocycles. The molecule has 0 bridgehead atoms. The van der Waals surface area contributed by atoms with Gasteiger partial charge in [-0.2, -0.15) is 0 Å². The molecule has 1 saturated heterocycles. The Labute approximate surface area is 201 Å². The van der Waals surface area contributed by atoms with E-state index in [0.29, 0.717) is 27.3 Å². The van der Waals surface area contributed by atoms with E-state index in [-0.39, 0.29) is 29.2 Å². The highest BCUT2D eigenvalue weighted by Crippen LogP contribution is 2.42. The van der Waals surface area contributed by atoms with Crippen molar-refractivity contribution in [2.45, 2.75) is 26.2 Å². The molecule has 7 nitrogen and oxygen atoms in total. The zero-order valence-corrected chi connectivity index (χ0v) is 19.4. The quantitative estimate of drug-likeness (QED) is 0.485. The second-order valence-corrected chi connectivity index (χ2v) is 9.28. The molecule has 172 valence electrons. The van der Waals surface area contributed by atoms with Crippen molar-refractivity contribution >= 4 is 58.3 Å². The average Bonchev–Trinajstić information content (AvgIpc) is 3.04. The Hall–Kier alpha value is -2.90. The van der Waals surface area contributed by atoms with Crippen LogP contribution in [-0.2, 0) is 19.1 Å². The predicted molar refractivity (Wildman–Crippen MR) is 124 cm³/mol. The molecule has 1 saturated carbocycles. The summed E-state index contributed by atoms with van der Waals surface area (Å²) in [5.41, 5.74) is 0.930. The average molecular weight is 489 g/mol. The summed E-state index contributed by atoms with van der Waals surface area (Å²) in [6.07, 6.45) is 2.38. The number of hydrogen-bond donors (Lipinski definition) is 1. The fourth-order valence-electron chi connectivity index (χ4n) is 4.38. The van der Waals surface area contributed by atoms with Gasteiger partial charge in [0.05, 0.1) is 33.8 Å². The first kappa shape index (κ1) is 23.3. The van der Waals surface area contributed by atoms with E-state index in [1.54, 1.807) is 24.3 Å². The van der Waals surface area contributed by atoms with Crippen LogP contribution >= 0.6 is 23.2 Å². The van der Waals surface area contributed by atoms with Crippen LogP contribution in [0.2, 0.25) is 10.0 Å². The molecular weight excluding hydrogens is 467 g/mol. The topological polar surface area (TPSA) is 92.8 Å². The third-order valence-electron chi connectivity index (χ3n) is 6.09. The van der Waals surface area contributed by atoms with Gasteiger partial charge in [0.1, 0.15) is 0 Å². The zero-order valence-electron chi connectivity index (χ0n) is 17.8. The van der Waals surface area contributed by atoms with Gasteiger partial charge in [0.2, 0.25) is 11.8 Å². The van der Waals surface area contributed by atoms with Crippen molar-refractivity contribution in [3.63, 3.8) is 0 Å². The van der Waals surface area contributed by atoms with Gasteiger partial charge in [-0.15, -0.1) is 0 Å². The SMILES string of the molecule is C[C@@H]1CC[C@H]2C(=O)N(c3ccc(C(=O)OCC(=O)Nc4cc(Cl)ccc4Cl)cc3)C(=O)[C@@H]2C1. The molecule has 1 N–H and O–H groups in total. The van der Waals surface area contributed by atoms with Crippen LogP contribution < -0.4 is 10.2 Å². The van der Waals surface area contributed by atoms with Gasteiger partial charge in [-0.25, -0.2) is 4.79 Å². The van der Waals surface area contributed by atoms with Crippen LogP contribution in [-0.4, -0.2) is 30.3 Å². The van der Waals surface area contributed by atoms with E-state index in [4.69, 9.17) is 27.9 Å². The molecule has 2 aliphatic rings. The number of amides is 3. The van der Waals surface area contributed by atoms with Gasteiger partial charge >= 0.3 is 5.97 Å². The second kappa shape index (κ2) is 9.53. The minimum absolute atomic E-state index is 0.177. The van der Waals surface area contributed by atoms with E-state index < -0.39 is 18.5 Å². The maximum absolute atomic E-state index is 12.8. The number of imide groups is 1. The van der Waals surface area contributed by atoms with Gasteiger partial charge in [-0.3, -0.25) is 19.3 Å². The second-order valence-electron chi connectivity index (χ2n) is 8.44. The largest absolute Gasteiger partial charge is 0.452 e. The van der Waals surface area contributed by atoms with E-state index in [1.165, 1.54) is 23.1 Å². The molecule has 1 aliphatic carbocycles. The predicted octanol–water partition coefficient (Wildman–Crippen LogP) is 4.71. The number of carbonyl (C=O) groups excluding carboxylic acids is 4. The van der Waals surface area contributed by atoms with Crippen molar-refractivity contribution in [2.24, 2.45) is 17.8 Å². The lowest BCUT2D eigenvalue weighted by Gasteiger charge is -2.25. The molecular formula is C24H22Cl2N2O5. The number of nitrogens with one attached hydrogen (secondary N) is 1. The number of rotatable bonds is 5. The van der Waals surface area contributed by atoms with Crippen molar-refractivity contribution < 1.29 is 23.9 Å². The van der Waals surface area contributed by atoms with Crippen molar-refractivity contribution in [2.75, 3.05) is 16.8 Å². The highest BCUT2D eigenvalue weighted by atomic mass is 35.5. The molecule has 0 radical (unpaired) electrons. The van der Waals surface area contributed by atoms with Gasteiger partial charge in [0.25, 0.3) is 5.91 Å². The summed E-state index contributed by atoms with van der Waals surface area (Å²) in [4.78, 5) is 51.3. The lowest BCUT2D eigenvalue weighted by Crippen LogP contribution is -2.30. The summed E-state index contributed by atoms with van der Waals surface area (Å²) in [6, 6.07) is 10.6. The third kappa shape index (κ3) is 4.89. The molecule has 4 rings (SSSR count). The molecule has 2 fully saturated rings. The third-order valence-corrected chi connectivity index (χ3v) is 6.65. The minimum atomic E-state index is -0.713. The van der Waals surface area contributed by atoms with Gasteiger partial charge < -0.3 is 10.1 Å². The fourth-order valence-corrected chi connectivity index (χ4v) is 4.72. The Bertz CT molecular complexity index is 1120. The number of benzene rings is 2. The number of ether oxygens (including phenoxy) is 1. The minimum Gasteiger partial charge on any atom is -0.452 e. The first-order valence-corrected chi connectivity index (χ1v) is 11.4. The summed E-state index contributed by atoms with van der Waals surface area (Å²) in [6.45, 7) is 1.58. The van der Waals surface area contributed by atoms with Crippen LogP contribution in [0, 0.1) is 17.8 Å². The highest BCUT2D eigenvalue weighted by Gasteiger charge is 2.49. The lowest BCUT2D eigenvalue weighted by molar-refractivity contribution is -0.122. The van der Waals surface area contributed by atoms with Gasteiger partial charge in [0.15, 0.2) is 6.61 Å². The first-order chi connectivity index (χ1) is 15.7. The standard InChI is InChI=1S/C24H22Cl2N2O5/c1-13-2-8-17-18(10-13)23(31)28(22(17)30)16-6-3-14(4-7-16)24(32)33-12-21(29)27-20-11-15(25)5-9-19(20)26/h3-7,9,11,13,17-18H,2,8,10,12H2,1H3,(H,27,29)/t13-,17-,18-/m1/s1. The van der Waals surface area contributed by atoms with Gasteiger partial charge in [0, 0.05) is 5.02 Å². The number of halogens is 2. The molecule has 3 atom stereocenters. The van der Waals surface area contributed by atoms with E-state index in [9.17, 15) is 19.2 Å². The van der Waals surface area contributed by atoms with Crippen molar-refractivity contribution in [3.05, 3.63) is 58.1 Å². The van der Waals surface area contributed by atoms with Crippen LogP contribution in [0.3, 0.4) is 0 Å². The molecule has 1 aliphatic heterocycles. The van der Waals surface area contributed by atoms with Crippen LogP contribution in [0.5, 0.6) is 0 Å². The monoisotopic (exact) mass is 488 g/mol. The fraction of sp³-hybridized carbons (Fsp3) is 0.333. The Balaban J connectivity index is 1.36. The molecule has 0 unspecified atom stereocenters. The first-order valence-electron chi connectivity index (χ1n) is 10.6. The number of esters is 1. The van der Waals surface area contributed by atoms with E-state index >= 15 is 0 Å². The number of fused-ring (bicyclic) bond motifs is 1. The van der Waals surface area contributed by atoms with Crippen LogP contribution in [0.25, 0.3) is 0 Å². The van der Waals surface area contributed by atoms with E-state index in [0.717, 1.165) is 19.3 Å². The number of anilines is 2. The van der Waals surface area contributed by atoms with Gasteiger partial charge in [-0.05, 0) is 67.6 Å². The summed E-state index contributed by atoms with van der Waals surface area (Å²) in [5, 5.41) is 3.23. The normalized spacial score (nSPS) is 22.2. The van der Waals surface area contributed by atoms with Crippen LogP contribution in [0.15, 0.2) is 42.5 Å². The Morgan fingerprint density at radius 1 is 1.03 bits per heavy atom. The summed E-state index contributed by atoms with van der Waals surface area (Å²) < 4.78 is 5.05. The maximum Gasteiger partial charge on any atom is 0.338 e. The molecule has 2 aromatic carbocycles. The summed E-state index contributed by atoms with van der Waals surface area (Å²) in [7, 11) is 0. The Kier molecular flexibility index (Phi) is 6.72. The Morgan fingerprint density at radius 2 is 1.73 bits per heavy atom. The Morgan fingerprint density at radius 3 is 2.45 bits per heavy atom.